The molecule has 0 spiro atoms. The molecule has 26 heavy (non-hydrogen) atoms. The molecule has 0 amide bonds. The van der Waals surface area contributed by atoms with Crippen molar-refractivity contribution in [1.82, 2.24) is 0 Å². The highest BCUT2D eigenvalue weighted by Crippen LogP contribution is 2.28. The van der Waals surface area contributed by atoms with E-state index in [4.69, 9.17) is 9.47 Å². The maximum atomic E-state index is 12.1. The van der Waals surface area contributed by atoms with Crippen LogP contribution in [-0.4, -0.2) is 18.9 Å². The predicted octanol–water partition coefficient (Wildman–Crippen LogP) is 4.54. The molecule has 0 unspecified atom stereocenters. The maximum Gasteiger partial charge on any atom is 0.308 e. The van der Waals surface area contributed by atoms with Gasteiger partial charge < -0.3 is 9.47 Å². The highest BCUT2D eigenvalue weighted by molar-refractivity contribution is 5.78. The first-order chi connectivity index (χ1) is 12.6. The molecule has 4 heteroatoms. The van der Waals surface area contributed by atoms with E-state index in [9.17, 15) is 9.59 Å². The normalized spacial score (nSPS) is 10.4. The monoisotopic (exact) mass is 354 g/mol. The second-order valence-corrected chi connectivity index (χ2v) is 6.31. The molecule has 0 bridgehead atoms. The first-order valence-corrected chi connectivity index (χ1v) is 8.99. The molecule has 0 aliphatic heterocycles. The molecule has 0 N–H and O–H groups in total. The van der Waals surface area contributed by atoms with E-state index < -0.39 is 0 Å². The summed E-state index contributed by atoms with van der Waals surface area (Å²) in [7, 11) is 1.53. The lowest BCUT2D eigenvalue weighted by molar-refractivity contribution is -0.132. The van der Waals surface area contributed by atoms with E-state index in [1.54, 1.807) is 6.07 Å². The molecule has 2 aromatic rings. The molecule has 0 aliphatic carbocycles. The predicted molar refractivity (Wildman–Crippen MR) is 102 cm³/mol. The van der Waals surface area contributed by atoms with Crippen LogP contribution in [0.2, 0.25) is 0 Å². The van der Waals surface area contributed by atoms with Gasteiger partial charge in [-0.15, -0.1) is 0 Å². The van der Waals surface area contributed by atoms with Gasteiger partial charge in [-0.3, -0.25) is 9.59 Å². The number of hydrogen-bond donors (Lipinski definition) is 0. The zero-order valence-corrected chi connectivity index (χ0v) is 15.5. The fourth-order valence-electron chi connectivity index (χ4n) is 2.81. The lowest BCUT2D eigenvalue weighted by atomic mass is 10.0. The number of methoxy groups -OCH3 is 1. The summed E-state index contributed by atoms with van der Waals surface area (Å²) in [5.74, 6) is 0.798. The Balaban J connectivity index is 1.73. The van der Waals surface area contributed by atoms with Crippen LogP contribution < -0.4 is 9.47 Å². The summed E-state index contributed by atoms with van der Waals surface area (Å²) in [5, 5.41) is 0. The Morgan fingerprint density at radius 2 is 1.62 bits per heavy atom. The van der Waals surface area contributed by atoms with Gasteiger partial charge in [0.15, 0.2) is 11.5 Å². The van der Waals surface area contributed by atoms with Gasteiger partial charge in [-0.1, -0.05) is 36.4 Å². The minimum absolute atomic E-state index is 0.279. The third-order valence-electron chi connectivity index (χ3n) is 4.19. The average molecular weight is 354 g/mol. The van der Waals surface area contributed by atoms with E-state index >= 15 is 0 Å². The van der Waals surface area contributed by atoms with Gasteiger partial charge in [-0.05, 0) is 48.9 Å². The second-order valence-electron chi connectivity index (χ2n) is 6.31. The van der Waals surface area contributed by atoms with Crippen LogP contribution in [0, 0.1) is 0 Å². The van der Waals surface area contributed by atoms with Gasteiger partial charge in [-0.2, -0.15) is 0 Å². The summed E-state index contributed by atoms with van der Waals surface area (Å²) in [6.07, 6.45) is 4.76. The molecular formula is C22H26O4. The van der Waals surface area contributed by atoms with Crippen LogP contribution in [0.15, 0.2) is 48.5 Å². The average Bonchev–Trinajstić information content (AvgIpc) is 2.65. The smallest absolute Gasteiger partial charge is 0.308 e. The Morgan fingerprint density at radius 3 is 2.31 bits per heavy atom. The molecule has 0 atom stereocenters. The fraction of sp³-hybridized carbons (Fsp3) is 0.364. The van der Waals surface area contributed by atoms with Crippen LogP contribution in [0.3, 0.4) is 0 Å². The SMILES string of the molecule is COc1cc(CCC(=O)CCCCc2ccccc2)ccc1OC(C)=O. The molecule has 2 rings (SSSR count). The number of ether oxygens (including phenoxy) is 2. The summed E-state index contributed by atoms with van der Waals surface area (Å²) in [4.78, 5) is 23.2. The molecule has 4 nitrogen and oxygen atoms in total. The van der Waals surface area contributed by atoms with E-state index in [1.165, 1.54) is 19.6 Å². The van der Waals surface area contributed by atoms with Crippen LogP contribution in [0.4, 0.5) is 0 Å². The largest absolute Gasteiger partial charge is 0.493 e. The van der Waals surface area contributed by atoms with E-state index in [-0.39, 0.29) is 11.8 Å². The van der Waals surface area contributed by atoms with Crippen molar-refractivity contribution in [3.05, 3.63) is 59.7 Å². The third kappa shape index (κ3) is 6.71. The topological polar surface area (TPSA) is 52.6 Å². The Hall–Kier alpha value is -2.62. The fourth-order valence-corrected chi connectivity index (χ4v) is 2.81. The van der Waals surface area contributed by atoms with Crippen LogP contribution >= 0.6 is 0 Å². The molecule has 138 valence electrons. The number of hydrogen-bond acceptors (Lipinski definition) is 4. The zero-order valence-electron chi connectivity index (χ0n) is 15.5. The van der Waals surface area contributed by atoms with E-state index in [0.29, 0.717) is 30.8 Å². The van der Waals surface area contributed by atoms with Crippen LogP contribution in [0.25, 0.3) is 0 Å². The van der Waals surface area contributed by atoms with Crippen molar-refractivity contribution in [3.63, 3.8) is 0 Å². The number of Topliss-reactive ketones (excluding diaryl/α,β-unsaturated/α-hetero) is 1. The van der Waals surface area contributed by atoms with Gasteiger partial charge >= 0.3 is 5.97 Å². The van der Waals surface area contributed by atoms with Gasteiger partial charge in [0.05, 0.1) is 7.11 Å². The van der Waals surface area contributed by atoms with E-state index in [0.717, 1.165) is 24.8 Å². The quantitative estimate of drug-likeness (QED) is 0.357. The molecule has 0 saturated carbocycles. The van der Waals surface area contributed by atoms with Crippen molar-refractivity contribution >= 4 is 11.8 Å². The first-order valence-electron chi connectivity index (χ1n) is 8.99. The lowest BCUT2D eigenvalue weighted by Crippen LogP contribution is -2.04. The van der Waals surface area contributed by atoms with Gasteiger partial charge in [-0.25, -0.2) is 0 Å². The van der Waals surface area contributed by atoms with Crippen molar-refractivity contribution < 1.29 is 19.1 Å². The summed E-state index contributed by atoms with van der Waals surface area (Å²) >= 11 is 0. The van der Waals surface area contributed by atoms with E-state index in [2.05, 4.69) is 12.1 Å². The summed E-state index contributed by atoms with van der Waals surface area (Å²) in [5.41, 5.74) is 2.32. The number of rotatable bonds is 10. The summed E-state index contributed by atoms with van der Waals surface area (Å²) in [6, 6.07) is 15.7. The van der Waals surface area contributed by atoms with Gasteiger partial charge in [0.1, 0.15) is 5.78 Å². The van der Waals surface area contributed by atoms with Crippen LogP contribution in [-0.2, 0) is 22.4 Å². The highest BCUT2D eigenvalue weighted by atomic mass is 16.6. The number of esters is 1. The minimum atomic E-state index is -0.387. The molecule has 2 aromatic carbocycles. The third-order valence-corrected chi connectivity index (χ3v) is 4.19. The van der Waals surface area contributed by atoms with Crippen molar-refractivity contribution in [3.8, 4) is 11.5 Å². The number of unbranched alkanes of at least 4 members (excludes halogenated alkanes) is 1. The number of carbonyl (C=O) groups is 2. The molecule has 0 fully saturated rings. The molecule has 0 saturated heterocycles. The van der Waals surface area contributed by atoms with Crippen molar-refractivity contribution in [2.45, 2.75) is 45.4 Å². The summed E-state index contributed by atoms with van der Waals surface area (Å²) < 4.78 is 10.3. The van der Waals surface area contributed by atoms with Crippen LogP contribution in [0.1, 0.15) is 43.7 Å². The molecular weight excluding hydrogens is 328 g/mol. The minimum Gasteiger partial charge on any atom is -0.493 e. The molecule has 0 aliphatic rings. The zero-order chi connectivity index (χ0) is 18.8. The van der Waals surface area contributed by atoms with Gasteiger partial charge in [0.25, 0.3) is 0 Å². The lowest BCUT2D eigenvalue weighted by Gasteiger charge is -2.10. The Labute approximate surface area is 155 Å². The van der Waals surface area contributed by atoms with Crippen molar-refractivity contribution in [2.24, 2.45) is 0 Å². The number of carbonyl (C=O) groups excluding carboxylic acids is 2. The highest BCUT2D eigenvalue weighted by Gasteiger charge is 2.09. The Kier molecular flexibility index (Phi) is 7.87. The number of benzene rings is 2. The summed E-state index contributed by atoms with van der Waals surface area (Å²) in [6.45, 7) is 1.35. The number of aryl methyl sites for hydroxylation is 2. The van der Waals surface area contributed by atoms with Crippen LogP contribution in [0.5, 0.6) is 11.5 Å². The molecule has 0 aromatic heterocycles. The van der Waals surface area contributed by atoms with Crippen molar-refractivity contribution in [1.29, 1.82) is 0 Å². The molecule has 0 heterocycles. The Bertz CT molecular complexity index is 722. The maximum absolute atomic E-state index is 12.1. The van der Waals surface area contributed by atoms with Crippen molar-refractivity contribution in [2.75, 3.05) is 7.11 Å². The Morgan fingerprint density at radius 1 is 0.846 bits per heavy atom. The van der Waals surface area contributed by atoms with Gasteiger partial charge in [0, 0.05) is 19.8 Å². The standard InChI is InChI=1S/C22H26O4/c1-17(23)26-21-15-13-19(16-22(21)25-2)12-14-20(24)11-7-6-10-18-8-4-3-5-9-18/h3-5,8-9,13,15-16H,6-7,10-12,14H2,1-2H3. The second kappa shape index (κ2) is 10.4. The first kappa shape index (κ1) is 19.7. The van der Waals surface area contributed by atoms with E-state index in [1.807, 2.05) is 30.3 Å². The molecule has 0 radical (unpaired) electrons. The number of ketones is 1. The van der Waals surface area contributed by atoms with Gasteiger partial charge in [0.2, 0.25) is 0 Å².